The molecular weight excluding hydrogens is 140 g/mol. The van der Waals surface area contributed by atoms with Crippen molar-refractivity contribution in [2.24, 2.45) is 0 Å². The van der Waals surface area contributed by atoms with E-state index >= 15 is 0 Å². The van der Waals surface area contributed by atoms with Crippen LogP contribution in [0.25, 0.3) is 11.0 Å². The molecule has 0 aliphatic heterocycles. The van der Waals surface area contributed by atoms with Crippen molar-refractivity contribution in [1.82, 2.24) is 15.2 Å². The minimum absolute atomic E-state index is 0.606. The highest BCUT2D eigenvalue weighted by molar-refractivity contribution is 5.81. The first kappa shape index (κ1) is 5.86. The molecule has 0 aliphatic rings. The van der Waals surface area contributed by atoms with Crippen LogP contribution >= 0.6 is 0 Å². The number of aromatic amines is 1. The Labute approximate surface area is 62.5 Å². The Hall–Kier alpha value is -1.89. The van der Waals surface area contributed by atoms with Gasteiger partial charge in [-0.1, -0.05) is 0 Å². The van der Waals surface area contributed by atoms with E-state index in [0.717, 1.165) is 5.39 Å². The Kier molecular flexibility index (Phi) is 1.10. The minimum Gasteiger partial charge on any atom is -0.343 e. The fraction of sp³-hybridized carbons (Fsp3) is 0. The van der Waals surface area contributed by atoms with Crippen LogP contribution in [0.2, 0.25) is 0 Å². The molecule has 0 amide bonds. The molecule has 0 spiro atoms. The molecule has 0 unspecified atom stereocenters. The maximum atomic E-state index is 8.61. The van der Waals surface area contributed by atoms with Crippen molar-refractivity contribution in [3.8, 4) is 6.07 Å². The van der Waals surface area contributed by atoms with E-state index in [-0.39, 0.29) is 0 Å². The number of hydrogen-bond donors (Lipinski definition) is 1. The molecule has 52 valence electrons. The largest absolute Gasteiger partial charge is 0.343 e. The molecule has 0 aliphatic carbocycles. The molecule has 1 N–H and O–H groups in total. The van der Waals surface area contributed by atoms with Crippen LogP contribution in [0.15, 0.2) is 18.5 Å². The van der Waals surface area contributed by atoms with Gasteiger partial charge in [0.05, 0.1) is 11.8 Å². The molecule has 11 heavy (non-hydrogen) atoms. The average Bonchev–Trinajstić information content (AvgIpc) is 2.47. The van der Waals surface area contributed by atoms with Crippen LogP contribution in [0.4, 0.5) is 0 Å². The molecular formula is C7H4N4. The topological polar surface area (TPSA) is 65.4 Å². The van der Waals surface area contributed by atoms with Crippen LogP contribution in [-0.4, -0.2) is 15.2 Å². The Morgan fingerprint density at radius 3 is 3.27 bits per heavy atom. The van der Waals surface area contributed by atoms with Gasteiger partial charge in [0.1, 0.15) is 6.07 Å². The first-order valence-electron chi connectivity index (χ1n) is 3.10. The average molecular weight is 144 g/mol. The van der Waals surface area contributed by atoms with Crippen LogP contribution in [0.5, 0.6) is 0 Å². The first-order valence-corrected chi connectivity index (χ1v) is 3.10. The summed E-state index contributed by atoms with van der Waals surface area (Å²) in [5, 5.41) is 16.9. The minimum atomic E-state index is 0.606. The second-order valence-electron chi connectivity index (χ2n) is 2.11. The SMILES string of the molecule is N#Cc1c[nH]c2nnccc12. The monoisotopic (exact) mass is 144 g/mol. The summed E-state index contributed by atoms with van der Waals surface area (Å²) in [5.74, 6) is 0. The van der Waals surface area contributed by atoms with Crippen LogP contribution in [0, 0.1) is 11.3 Å². The fourth-order valence-electron chi connectivity index (χ4n) is 0.966. The molecule has 0 bridgehead atoms. The lowest BCUT2D eigenvalue weighted by Crippen LogP contribution is -1.79. The standard InChI is InChI=1S/C7H4N4/c8-3-5-4-9-7-6(5)1-2-10-11-7/h1-2,4H,(H,9,11). The van der Waals surface area contributed by atoms with Gasteiger partial charge in [-0.25, -0.2) is 0 Å². The Morgan fingerprint density at radius 1 is 1.55 bits per heavy atom. The van der Waals surface area contributed by atoms with Gasteiger partial charge in [-0.2, -0.15) is 10.4 Å². The zero-order chi connectivity index (χ0) is 7.68. The number of rotatable bonds is 0. The molecule has 0 radical (unpaired) electrons. The lowest BCUT2D eigenvalue weighted by atomic mass is 10.2. The van der Waals surface area contributed by atoms with Gasteiger partial charge in [0.2, 0.25) is 0 Å². The van der Waals surface area contributed by atoms with Gasteiger partial charge in [0, 0.05) is 11.6 Å². The zero-order valence-electron chi connectivity index (χ0n) is 5.57. The second-order valence-corrected chi connectivity index (χ2v) is 2.11. The van der Waals surface area contributed by atoms with E-state index in [4.69, 9.17) is 5.26 Å². The molecule has 0 aromatic carbocycles. The van der Waals surface area contributed by atoms with Crippen molar-refractivity contribution in [2.75, 3.05) is 0 Å². The fourth-order valence-corrected chi connectivity index (χ4v) is 0.966. The first-order chi connectivity index (χ1) is 5.42. The van der Waals surface area contributed by atoms with E-state index in [1.54, 1.807) is 18.5 Å². The van der Waals surface area contributed by atoms with Gasteiger partial charge in [0.15, 0.2) is 5.65 Å². The van der Waals surface area contributed by atoms with E-state index in [9.17, 15) is 0 Å². The molecule has 2 aromatic heterocycles. The van der Waals surface area contributed by atoms with Crippen molar-refractivity contribution >= 4 is 11.0 Å². The lowest BCUT2D eigenvalue weighted by molar-refractivity contribution is 1.06. The molecule has 2 aromatic rings. The van der Waals surface area contributed by atoms with Crippen LogP contribution < -0.4 is 0 Å². The van der Waals surface area contributed by atoms with Crippen LogP contribution in [0.1, 0.15) is 5.56 Å². The number of nitrogens with one attached hydrogen (secondary N) is 1. The molecule has 4 nitrogen and oxygen atoms in total. The Balaban J connectivity index is 2.89. The van der Waals surface area contributed by atoms with E-state index < -0.39 is 0 Å². The van der Waals surface area contributed by atoms with Crippen molar-refractivity contribution < 1.29 is 0 Å². The zero-order valence-corrected chi connectivity index (χ0v) is 5.57. The maximum absolute atomic E-state index is 8.61. The number of hydrogen-bond acceptors (Lipinski definition) is 3. The maximum Gasteiger partial charge on any atom is 0.161 e. The molecule has 2 rings (SSSR count). The third-order valence-electron chi connectivity index (χ3n) is 1.48. The van der Waals surface area contributed by atoms with Crippen molar-refractivity contribution in [3.63, 3.8) is 0 Å². The smallest absolute Gasteiger partial charge is 0.161 e. The van der Waals surface area contributed by atoms with E-state index in [0.29, 0.717) is 11.2 Å². The molecule has 0 saturated heterocycles. The quantitative estimate of drug-likeness (QED) is 0.595. The van der Waals surface area contributed by atoms with Gasteiger partial charge in [0.25, 0.3) is 0 Å². The summed E-state index contributed by atoms with van der Waals surface area (Å²) >= 11 is 0. The number of nitriles is 1. The summed E-state index contributed by atoms with van der Waals surface area (Å²) in [6, 6.07) is 3.81. The van der Waals surface area contributed by atoms with Gasteiger partial charge in [-0.3, -0.25) is 0 Å². The summed E-state index contributed by atoms with van der Waals surface area (Å²) in [6.45, 7) is 0. The van der Waals surface area contributed by atoms with Crippen molar-refractivity contribution in [1.29, 1.82) is 5.26 Å². The summed E-state index contributed by atoms with van der Waals surface area (Å²) < 4.78 is 0. The van der Waals surface area contributed by atoms with Crippen LogP contribution in [0.3, 0.4) is 0 Å². The summed E-state index contributed by atoms with van der Waals surface area (Å²) in [5.41, 5.74) is 1.26. The Morgan fingerprint density at radius 2 is 2.45 bits per heavy atom. The number of aromatic nitrogens is 3. The number of H-pyrrole nitrogens is 1. The summed E-state index contributed by atoms with van der Waals surface area (Å²) in [4.78, 5) is 2.84. The lowest BCUT2D eigenvalue weighted by Gasteiger charge is -1.83. The highest BCUT2D eigenvalue weighted by Crippen LogP contribution is 2.12. The third-order valence-corrected chi connectivity index (χ3v) is 1.48. The number of nitrogens with zero attached hydrogens (tertiary/aromatic N) is 3. The highest BCUT2D eigenvalue weighted by atomic mass is 15.1. The molecule has 0 fully saturated rings. The molecule has 0 atom stereocenters. The summed E-state index contributed by atoms with van der Waals surface area (Å²) in [7, 11) is 0. The van der Waals surface area contributed by atoms with Gasteiger partial charge < -0.3 is 4.98 Å². The van der Waals surface area contributed by atoms with Crippen molar-refractivity contribution in [3.05, 3.63) is 24.0 Å². The van der Waals surface area contributed by atoms with Gasteiger partial charge >= 0.3 is 0 Å². The van der Waals surface area contributed by atoms with Crippen molar-refractivity contribution in [2.45, 2.75) is 0 Å². The van der Waals surface area contributed by atoms with Gasteiger partial charge in [-0.05, 0) is 6.07 Å². The Bertz CT molecular complexity index is 423. The highest BCUT2D eigenvalue weighted by Gasteiger charge is 2.01. The van der Waals surface area contributed by atoms with E-state index in [1.165, 1.54) is 0 Å². The van der Waals surface area contributed by atoms with Gasteiger partial charge in [-0.15, -0.1) is 5.10 Å². The predicted octanol–water partition coefficient (Wildman–Crippen LogP) is 0.830. The predicted molar refractivity (Wildman–Crippen MR) is 38.6 cm³/mol. The third kappa shape index (κ3) is 0.749. The summed E-state index contributed by atoms with van der Waals surface area (Å²) in [6.07, 6.45) is 3.19. The normalized spacial score (nSPS) is 9.73. The second kappa shape index (κ2) is 2.06. The van der Waals surface area contributed by atoms with E-state index in [1.807, 2.05) is 0 Å². The molecule has 4 heteroatoms. The van der Waals surface area contributed by atoms with Crippen LogP contribution in [-0.2, 0) is 0 Å². The molecule has 2 heterocycles. The van der Waals surface area contributed by atoms with E-state index in [2.05, 4.69) is 21.3 Å². The number of fused-ring (bicyclic) bond motifs is 1. The molecule has 0 saturated carbocycles.